The maximum absolute atomic E-state index is 12.7. The number of benzene rings is 2. The Balaban J connectivity index is 1.58. The van der Waals surface area contributed by atoms with Gasteiger partial charge in [-0.05, 0) is 80.6 Å². The molecule has 6 nitrogen and oxygen atoms in total. The van der Waals surface area contributed by atoms with Crippen molar-refractivity contribution in [1.29, 1.82) is 5.26 Å². The molecule has 3 rings (SSSR count). The van der Waals surface area contributed by atoms with E-state index < -0.39 is 5.97 Å². The highest BCUT2D eigenvalue weighted by atomic mass is 16.5. The van der Waals surface area contributed by atoms with Crippen LogP contribution in [0.3, 0.4) is 0 Å². The van der Waals surface area contributed by atoms with Gasteiger partial charge in [0.2, 0.25) is 0 Å². The average molecular weight is 500 g/mol. The van der Waals surface area contributed by atoms with E-state index in [1.165, 1.54) is 38.2 Å². The molecule has 0 saturated carbocycles. The first-order chi connectivity index (χ1) is 18.0. The van der Waals surface area contributed by atoms with Gasteiger partial charge in [0.25, 0.3) is 0 Å². The van der Waals surface area contributed by atoms with Gasteiger partial charge in [0.1, 0.15) is 17.6 Å². The molecule has 2 aromatic carbocycles. The highest BCUT2D eigenvalue weighted by Crippen LogP contribution is 2.24. The number of hydrogen-bond acceptors (Lipinski definition) is 6. The van der Waals surface area contributed by atoms with Crippen molar-refractivity contribution in [2.75, 3.05) is 0 Å². The number of esters is 1. The predicted octanol–water partition coefficient (Wildman–Crippen LogP) is 7.70. The lowest BCUT2D eigenvalue weighted by Crippen LogP contribution is -2.13. The highest BCUT2D eigenvalue weighted by Gasteiger charge is 2.15. The third-order valence-corrected chi connectivity index (χ3v) is 6.23. The second-order valence-corrected chi connectivity index (χ2v) is 9.39. The average Bonchev–Trinajstić information content (AvgIpc) is 2.92. The van der Waals surface area contributed by atoms with E-state index in [1.807, 2.05) is 31.5 Å². The van der Waals surface area contributed by atoms with Gasteiger partial charge in [-0.3, -0.25) is 0 Å². The number of ether oxygens (including phenoxy) is 2. The molecule has 1 unspecified atom stereocenters. The molecule has 0 N–H and O–H groups in total. The van der Waals surface area contributed by atoms with Crippen LogP contribution in [0.15, 0.2) is 54.9 Å². The number of aromatic nitrogens is 2. The Labute approximate surface area is 220 Å². The fourth-order valence-corrected chi connectivity index (χ4v) is 4.03. The van der Waals surface area contributed by atoms with Crippen molar-refractivity contribution < 1.29 is 14.3 Å². The number of carbonyl (C=O) groups is 1. The van der Waals surface area contributed by atoms with Crippen LogP contribution in [0.1, 0.15) is 93.6 Å². The molecule has 1 heterocycles. The van der Waals surface area contributed by atoms with Crippen LogP contribution in [0.5, 0.6) is 11.5 Å². The topological polar surface area (TPSA) is 85.1 Å². The summed E-state index contributed by atoms with van der Waals surface area (Å²) in [7, 11) is 0. The SMILES string of the molecule is CCCCCCC(C)Oc1ccc(C(=O)Oc2ccc(-c3ncc(CCCCC)cn3)cc2)cc1C#N. The minimum Gasteiger partial charge on any atom is -0.489 e. The number of carbonyl (C=O) groups excluding carboxylic acids is 1. The van der Waals surface area contributed by atoms with Crippen molar-refractivity contribution in [2.45, 2.75) is 84.7 Å². The number of aryl methyl sites for hydroxylation is 1. The summed E-state index contributed by atoms with van der Waals surface area (Å²) in [5, 5.41) is 9.59. The summed E-state index contributed by atoms with van der Waals surface area (Å²) in [6, 6.07) is 14.0. The van der Waals surface area contributed by atoms with Gasteiger partial charge in [-0.1, -0.05) is 46.0 Å². The highest BCUT2D eigenvalue weighted by molar-refractivity contribution is 5.91. The maximum Gasteiger partial charge on any atom is 0.343 e. The Bertz CT molecular complexity index is 1170. The summed E-state index contributed by atoms with van der Waals surface area (Å²) in [6.07, 6.45) is 13.9. The van der Waals surface area contributed by atoms with E-state index >= 15 is 0 Å². The molecule has 0 amide bonds. The summed E-state index contributed by atoms with van der Waals surface area (Å²) < 4.78 is 11.5. The minimum absolute atomic E-state index is 0.00140. The number of rotatable bonds is 14. The summed E-state index contributed by atoms with van der Waals surface area (Å²) in [6.45, 7) is 6.38. The van der Waals surface area contributed by atoms with E-state index in [1.54, 1.807) is 24.3 Å². The molecular weight excluding hydrogens is 462 g/mol. The van der Waals surface area contributed by atoms with Crippen LogP contribution in [0, 0.1) is 11.3 Å². The molecule has 0 spiro atoms. The summed E-state index contributed by atoms with van der Waals surface area (Å²) in [5.74, 6) is 0.995. The zero-order chi connectivity index (χ0) is 26.5. The molecule has 0 saturated heterocycles. The van der Waals surface area contributed by atoms with Gasteiger partial charge in [0.05, 0.1) is 17.2 Å². The Kier molecular flexibility index (Phi) is 11.1. The van der Waals surface area contributed by atoms with Crippen LogP contribution in [-0.4, -0.2) is 22.0 Å². The van der Waals surface area contributed by atoms with Crippen LogP contribution in [0.2, 0.25) is 0 Å². The molecular formula is C31H37N3O3. The van der Waals surface area contributed by atoms with E-state index in [4.69, 9.17) is 9.47 Å². The van der Waals surface area contributed by atoms with Gasteiger partial charge in [0.15, 0.2) is 5.82 Å². The first-order valence-corrected chi connectivity index (χ1v) is 13.4. The number of unbranched alkanes of at least 4 members (excludes halogenated alkanes) is 5. The van der Waals surface area contributed by atoms with Gasteiger partial charge in [-0.15, -0.1) is 0 Å². The molecule has 37 heavy (non-hydrogen) atoms. The zero-order valence-corrected chi connectivity index (χ0v) is 22.2. The van der Waals surface area contributed by atoms with Gasteiger partial charge in [-0.25, -0.2) is 14.8 Å². The first kappa shape index (κ1) is 27.9. The Morgan fingerprint density at radius 1 is 0.946 bits per heavy atom. The van der Waals surface area contributed by atoms with E-state index in [9.17, 15) is 10.1 Å². The number of nitrogens with zero attached hydrogens (tertiary/aromatic N) is 3. The molecule has 0 fully saturated rings. The van der Waals surface area contributed by atoms with Gasteiger partial charge in [-0.2, -0.15) is 5.26 Å². The van der Waals surface area contributed by atoms with Crippen LogP contribution in [-0.2, 0) is 6.42 Å². The lowest BCUT2D eigenvalue weighted by atomic mass is 10.1. The molecule has 0 radical (unpaired) electrons. The Hall–Kier alpha value is -3.72. The molecule has 0 aliphatic rings. The maximum atomic E-state index is 12.7. The lowest BCUT2D eigenvalue weighted by Gasteiger charge is -2.16. The quantitative estimate of drug-likeness (QED) is 0.128. The van der Waals surface area contributed by atoms with Gasteiger partial charge >= 0.3 is 5.97 Å². The standard InChI is InChI=1S/C31H37N3O3/c1-4-6-8-10-11-23(3)36-29-18-15-26(19-27(29)20-32)31(35)37-28-16-13-25(14-17-28)30-33-21-24(22-34-30)12-9-7-5-2/h13-19,21-23H,4-12H2,1-3H3. The lowest BCUT2D eigenvalue weighted by molar-refractivity contribution is 0.0734. The third-order valence-electron chi connectivity index (χ3n) is 6.23. The van der Waals surface area contributed by atoms with Crippen molar-refractivity contribution in [3.63, 3.8) is 0 Å². The second-order valence-electron chi connectivity index (χ2n) is 9.39. The molecule has 0 bridgehead atoms. The van der Waals surface area contributed by atoms with Crippen LogP contribution in [0.4, 0.5) is 0 Å². The summed E-state index contributed by atoms with van der Waals surface area (Å²) in [5.41, 5.74) is 2.60. The van der Waals surface area contributed by atoms with Crippen molar-refractivity contribution in [3.8, 4) is 29.0 Å². The molecule has 1 aromatic heterocycles. The third kappa shape index (κ3) is 8.71. The van der Waals surface area contributed by atoms with Crippen molar-refractivity contribution >= 4 is 5.97 Å². The van der Waals surface area contributed by atoms with Gasteiger partial charge < -0.3 is 9.47 Å². The summed E-state index contributed by atoms with van der Waals surface area (Å²) >= 11 is 0. The number of hydrogen-bond donors (Lipinski definition) is 0. The van der Waals surface area contributed by atoms with Crippen LogP contribution < -0.4 is 9.47 Å². The second kappa shape index (κ2) is 14.7. The largest absolute Gasteiger partial charge is 0.489 e. The van der Waals surface area contributed by atoms with Crippen LogP contribution in [0.25, 0.3) is 11.4 Å². The van der Waals surface area contributed by atoms with E-state index in [0.717, 1.165) is 36.8 Å². The van der Waals surface area contributed by atoms with Crippen molar-refractivity contribution in [2.24, 2.45) is 0 Å². The monoisotopic (exact) mass is 499 g/mol. The molecule has 194 valence electrons. The summed E-state index contributed by atoms with van der Waals surface area (Å²) in [4.78, 5) is 21.7. The molecule has 3 aromatic rings. The van der Waals surface area contributed by atoms with E-state index in [2.05, 4.69) is 29.9 Å². The molecule has 1 atom stereocenters. The minimum atomic E-state index is -0.531. The Morgan fingerprint density at radius 3 is 2.32 bits per heavy atom. The zero-order valence-electron chi connectivity index (χ0n) is 22.2. The van der Waals surface area contributed by atoms with Crippen LogP contribution >= 0.6 is 0 Å². The Morgan fingerprint density at radius 2 is 1.65 bits per heavy atom. The fourth-order valence-electron chi connectivity index (χ4n) is 4.03. The van der Waals surface area contributed by atoms with Gasteiger partial charge in [0, 0.05) is 18.0 Å². The molecule has 0 aliphatic heterocycles. The van der Waals surface area contributed by atoms with E-state index in [-0.39, 0.29) is 6.10 Å². The molecule has 0 aliphatic carbocycles. The van der Waals surface area contributed by atoms with Crippen molar-refractivity contribution in [1.82, 2.24) is 9.97 Å². The van der Waals surface area contributed by atoms with Crippen molar-refractivity contribution in [3.05, 3.63) is 71.5 Å². The number of nitriles is 1. The normalized spacial score (nSPS) is 11.5. The first-order valence-electron chi connectivity index (χ1n) is 13.4. The fraction of sp³-hybridized carbons (Fsp3) is 0.419. The molecule has 6 heteroatoms. The van der Waals surface area contributed by atoms with E-state index in [0.29, 0.717) is 28.5 Å². The predicted molar refractivity (Wildman–Crippen MR) is 146 cm³/mol. The smallest absolute Gasteiger partial charge is 0.343 e.